The SMILES string of the molecule is C#CCCCOCC1CCCC1CN. The lowest BCUT2D eigenvalue weighted by molar-refractivity contribution is 0.0859. The topological polar surface area (TPSA) is 35.2 Å². The number of rotatable bonds is 6. The molecule has 80 valence electrons. The number of terminal acetylenes is 1. The van der Waals surface area contributed by atoms with Gasteiger partial charge >= 0.3 is 0 Å². The van der Waals surface area contributed by atoms with Crippen molar-refractivity contribution < 1.29 is 4.74 Å². The minimum Gasteiger partial charge on any atom is -0.381 e. The highest BCUT2D eigenvalue weighted by Gasteiger charge is 2.25. The molecule has 2 N–H and O–H groups in total. The second-order valence-electron chi connectivity index (χ2n) is 4.07. The van der Waals surface area contributed by atoms with Crippen molar-refractivity contribution >= 4 is 0 Å². The van der Waals surface area contributed by atoms with E-state index in [1.165, 1.54) is 19.3 Å². The van der Waals surface area contributed by atoms with Crippen LogP contribution < -0.4 is 5.73 Å². The maximum atomic E-state index is 5.69. The molecule has 1 saturated carbocycles. The zero-order valence-corrected chi connectivity index (χ0v) is 8.87. The van der Waals surface area contributed by atoms with Crippen LogP contribution in [0.1, 0.15) is 32.1 Å². The summed E-state index contributed by atoms with van der Waals surface area (Å²) in [6.07, 6.45) is 10.9. The van der Waals surface area contributed by atoms with E-state index in [0.29, 0.717) is 11.8 Å². The molecule has 2 heteroatoms. The van der Waals surface area contributed by atoms with Gasteiger partial charge in [-0.2, -0.15) is 0 Å². The summed E-state index contributed by atoms with van der Waals surface area (Å²) in [7, 11) is 0. The lowest BCUT2D eigenvalue weighted by Crippen LogP contribution is -2.22. The van der Waals surface area contributed by atoms with Crippen LogP contribution in [0.2, 0.25) is 0 Å². The van der Waals surface area contributed by atoms with Gasteiger partial charge in [0.05, 0.1) is 0 Å². The summed E-state index contributed by atoms with van der Waals surface area (Å²) in [6, 6.07) is 0. The van der Waals surface area contributed by atoms with Gasteiger partial charge in [0.25, 0.3) is 0 Å². The van der Waals surface area contributed by atoms with E-state index in [1.807, 2.05) is 0 Å². The Morgan fingerprint density at radius 1 is 1.36 bits per heavy atom. The quantitative estimate of drug-likeness (QED) is 0.518. The predicted molar refractivity (Wildman–Crippen MR) is 58.8 cm³/mol. The summed E-state index contributed by atoms with van der Waals surface area (Å²) < 4.78 is 5.60. The molecule has 0 aromatic carbocycles. The zero-order valence-electron chi connectivity index (χ0n) is 8.87. The minimum absolute atomic E-state index is 0.697. The first-order valence-electron chi connectivity index (χ1n) is 5.59. The molecule has 2 unspecified atom stereocenters. The predicted octanol–water partition coefficient (Wildman–Crippen LogP) is 1.79. The molecule has 0 bridgehead atoms. The van der Waals surface area contributed by atoms with Crippen LogP contribution in [0.5, 0.6) is 0 Å². The van der Waals surface area contributed by atoms with Gasteiger partial charge in [-0.05, 0) is 37.6 Å². The van der Waals surface area contributed by atoms with Gasteiger partial charge in [-0.25, -0.2) is 0 Å². The van der Waals surface area contributed by atoms with Crippen molar-refractivity contribution in [2.75, 3.05) is 19.8 Å². The fraction of sp³-hybridized carbons (Fsp3) is 0.833. The third kappa shape index (κ3) is 3.69. The Hall–Kier alpha value is -0.520. The number of hydrogen-bond acceptors (Lipinski definition) is 2. The molecule has 0 aromatic rings. The average Bonchev–Trinajstić information content (AvgIpc) is 2.65. The van der Waals surface area contributed by atoms with E-state index in [2.05, 4.69) is 5.92 Å². The molecule has 0 aliphatic heterocycles. The van der Waals surface area contributed by atoms with Crippen LogP contribution in [0.25, 0.3) is 0 Å². The second-order valence-corrected chi connectivity index (χ2v) is 4.07. The van der Waals surface area contributed by atoms with Crippen LogP contribution in [0.3, 0.4) is 0 Å². The first-order chi connectivity index (χ1) is 6.88. The van der Waals surface area contributed by atoms with Crippen molar-refractivity contribution in [3.63, 3.8) is 0 Å². The van der Waals surface area contributed by atoms with Gasteiger partial charge in [0.15, 0.2) is 0 Å². The van der Waals surface area contributed by atoms with Crippen LogP contribution in [-0.2, 0) is 4.74 Å². The van der Waals surface area contributed by atoms with Crippen LogP contribution in [0, 0.1) is 24.2 Å². The highest BCUT2D eigenvalue weighted by molar-refractivity contribution is 4.83. The Balaban J connectivity index is 2.03. The Kier molecular flexibility index (Phi) is 5.66. The van der Waals surface area contributed by atoms with Crippen molar-refractivity contribution in [3.8, 4) is 12.3 Å². The van der Waals surface area contributed by atoms with Gasteiger partial charge in [-0.15, -0.1) is 12.3 Å². The molecule has 1 aliphatic rings. The van der Waals surface area contributed by atoms with Gasteiger partial charge in [0.2, 0.25) is 0 Å². The van der Waals surface area contributed by atoms with E-state index in [9.17, 15) is 0 Å². The molecule has 2 nitrogen and oxygen atoms in total. The first-order valence-corrected chi connectivity index (χ1v) is 5.59. The number of nitrogens with two attached hydrogens (primary N) is 1. The normalized spacial score (nSPS) is 26.3. The molecule has 0 heterocycles. The van der Waals surface area contributed by atoms with Gasteiger partial charge < -0.3 is 10.5 Å². The van der Waals surface area contributed by atoms with E-state index in [0.717, 1.165) is 32.6 Å². The maximum Gasteiger partial charge on any atom is 0.0497 e. The standard InChI is InChI=1S/C12H21NO/c1-2-3-4-8-14-10-12-7-5-6-11(12)9-13/h1,11-12H,3-10,13H2. The Morgan fingerprint density at radius 2 is 2.14 bits per heavy atom. The van der Waals surface area contributed by atoms with Crippen LogP contribution in [-0.4, -0.2) is 19.8 Å². The molecule has 1 rings (SSSR count). The third-order valence-electron chi connectivity index (χ3n) is 3.06. The van der Waals surface area contributed by atoms with Crippen molar-refractivity contribution in [3.05, 3.63) is 0 Å². The van der Waals surface area contributed by atoms with E-state index < -0.39 is 0 Å². The number of ether oxygens (including phenoxy) is 1. The summed E-state index contributed by atoms with van der Waals surface area (Å²) in [5.41, 5.74) is 5.69. The number of hydrogen-bond donors (Lipinski definition) is 1. The summed E-state index contributed by atoms with van der Waals surface area (Å²) in [4.78, 5) is 0. The molecular formula is C12H21NO. The van der Waals surface area contributed by atoms with Gasteiger partial charge in [-0.3, -0.25) is 0 Å². The summed E-state index contributed by atoms with van der Waals surface area (Å²) in [5, 5.41) is 0. The van der Waals surface area contributed by atoms with E-state index in [-0.39, 0.29) is 0 Å². The minimum atomic E-state index is 0.697. The monoisotopic (exact) mass is 195 g/mol. The molecule has 2 atom stereocenters. The van der Waals surface area contributed by atoms with Crippen molar-refractivity contribution in [1.82, 2.24) is 0 Å². The molecule has 0 amide bonds. The Labute approximate surface area is 87.2 Å². The summed E-state index contributed by atoms with van der Waals surface area (Å²) >= 11 is 0. The molecule has 1 aliphatic carbocycles. The smallest absolute Gasteiger partial charge is 0.0497 e. The highest BCUT2D eigenvalue weighted by atomic mass is 16.5. The van der Waals surface area contributed by atoms with Gasteiger partial charge in [-0.1, -0.05) is 6.42 Å². The highest BCUT2D eigenvalue weighted by Crippen LogP contribution is 2.30. The Morgan fingerprint density at radius 3 is 2.86 bits per heavy atom. The van der Waals surface area contributed by atoms with E-state index in [1.54, 1.807) is 0 Å². The number of unbranched alkanes of at least 4 members (excludes halogenated alkanes) is 1. The van der Waals surface area contributed by atoms with Crippen LogP contribution >= 0.6 is 0 Å². The van der Waals surface area contributed by atoms with E-state index >= 15 is 0 Å². The molecule has 14 heavy (non-hydrogen) atoms. The molecular weight excluding hydrogens is 174 g/mol. The fourth-order valence-corrected chi connectivity index (χ4v) is 2.15. The molecule has 0 aromatic heterocycles. The molecule has 0 saturated heterocycles. The fourth-order valence-electron chi connectivity index (χ4n) is 2.15. The molecule has 0 spiro atoms. The van der Waals surface area contributed by atoms with E-state index in [4.69, 9.17) is 16.9 Å². The van der Waals surface area contributed by atoms with Crippen molar-refractivity contribution in [2.45, 2.75) is 32.1 Å². The largest absolute Gasteiger partial charge is 0.381 e. The first kappa shape index (κ1) is 11.6. The summed E-state index contributed by atoms with van der Waals surface area (Å²) in [5.74, 6) is 4.01. The van der Waals surface area contributed by atoms with Crippen LogP contribution in [0.4, 0.5) is 0 Å². The maximum absolute atomic E-state index is 5.69. The van der Waals surface area contributed by atoms with Gasteiger partial charge in [0.1, 0.15) is 0 Å². The van der Waals surface area contributed by atoms with Gasteiger partial charge in [0, 0.05) is 19.6 Å². The van der Waals surface area contributed by atoms with Crippen molar-refractivity contribution in [2.24, 2.45) is 17.6 Å². The second kappa shape index (κ2) is 6.86. The zero-order chi connectivity index (χ0) is 10.2. The third-order valence-corrected chi connectivity index (χ3v) is 3.06. The van der Waals surface area contributed by atoms with Crippen LogP contribution in [0.15, 0.2) is 0 Å². The summed E-state index contributed by atoms with van der Waals surface area (Å²) in [6.45, 7) is 2.50. The molecule has 1 fully saturated rings. The van der Waals surface area contributed by atoms with Crippen molar-refractivity contribution in [1.29, 1.82) is 0 Å². The lowest BCUT2D eigenvalue weighted by Gasteiger charge is -2.17. The molecule has 0 radical (unpaired) electrons. The Bertz CT molecular complexity index is 185. The lowest BCUT2D eigenvalue weighted by atomic mass is 9.97. The average molecular weight is 195 g/mol.